The standard InChI is InChI=1S/C15H18FN3O2/c16-9-3-4-11-12(7-14(20)18-13(11)6-9)15(21)19-5-1-2-10(17)8-19/h3-4,6,10,12H,1-2,5,7-8,17H2,(H,18,20). The van der Waals surface area contributed by atoms with Crippen molar-refractivity contribution in [2.45, 2.75) is 31.2 Å². The first kappa shape index (κ1) is 14.0. The quantitative estimate of drug-likeness (QED) is 0.816. The highest BCUT2D eigenvalue weighted by molar-refractivity contribution is 6.01. The average Bonchev–Trinajstić information content (AvgIpc) is 2.45. The number of hydrogen-bond acceptors (Lipinski definition) is 3. The van der Waals surface area contributed by atoms with Crippen molar-refractivity contribution in [3.8, 4) is 0 Å². The van der Waals surface area contributed by atoms with Crippen molar-refractivity contribution in [1.82, 2.24) is 4.90 Å². The minimum absolute atomic E-state index is 0.00666. The molecule has 1 saturated heterocycles. The summed E-state index contributed by atoms with van der Waals surface area (Å²) in [6, 6.07) is 4.15. The first-order valence-corrected chi connectivity index (χ1v) is 7.18. The zero-order chi connectivity index (χ0) is 15.0. The smallest absolute Gasteiger partial charge is 0.230 e. The number of benzene rings is 1. The molecule has 2 atom stereocenters. The van der Waals surface area contributed by atoms with Gasteiger partial charge in [0, 0.05) is 31.2 Å². The molecule has 6 heteroatoms. The van der Waals surface area contributed by atoms with Gasteiger partial charge in [0.05, 0.1) is 5.92 Å². The number of piperidine rings is 1. The monoisotopic (exact) mass is 291 g/mol. The Hall–Kier alpha value is -1.95. The molecule has 2 unspecified atom stereocenters. The zero-order valence-electron chi connectivity index (χ0n) is 11.6. The van der Waals surface area contributed by atoms with Gasteiger partial charge in [-0.25, -0.2) is 4.39 Å². The predicted molar refractivity (Wildman–Crippen MR) is 76.2 cm³/mol. The van der Waals surface area contributed by atoms with Crippen LogP contribution < -0.4 is 11.1 Å². The lowest BCUT2D eigenvalue weighted by Gasteiger charge is -2.35. The lowest BCUT2D eigenvalue weighted by atomic mass is 9.88. The molecule has 3 N–H and O–H groups in total. The normalized spacial score (nSPS) is 25.2. The number of amides is 2. The Kier molecular flexibility index (Phi) is 3.63. The number of fused-ring (bicyclic) bond motifs is 1. The fraction of sp³-hybridized carbons (Fsp3) is 0.467. The van der Waals surface area contributed by atoms with Crippen LogP contribution in [-0.4, -0.2) is 35.8 Å². The van der Waals surface area contributed by atoms with E-state index in [9.17, 15) is 14.0 Å². The number of likely N-dealkylation sites (tertiary alicyclic amines) is 1. The minimum Gasteiger partial charge on any atom is -0.341 e. The molecule has 1 aromatic rings. The summed E-state index contributed by atoms with van der Waals surface area (Å²) in [6.07, 6.45) is 1.89. The number of anilines is 1. The third-order valence-electron chi connectivity index (χ3n) is 4.12. The van der Waals surface area contributed by atoms with Gasteiger partial charge in [0.25, 0.3) is 0 Å². The number of halogens is 1. The third kappa shape index (κ3) is 2.76. The van der Waals surface area contributed by atoms with E-state index in [1.165, 1.54) is 12.1 Å². The number of nitrogens with one attached hydrogen (secondary N) is 1. The average molecular weight is 291 g/mol. The predicted octanol–water partition coefficient (Wildman–Crippen LogP) is 1.20. The highest BCUT2D eigenvalue weighted by Gasteiger charge is 2.34. The highest BCUT2D eigenvalue weighted by Crippen LogP contribution is 2.34. The van der Waals surface area contributed by atoms with Gasteiger partial charge in [-0.15, -0.1) is 0 Å². The van der Waals surface area contributed by atoms with E-state index >= 15 is 0 Å². The van der Waals surface area contributed by atoms with Crippen LogP contribution in [0.2, 0.25) is 0 Å². The van der Waals surface area contributed by atoms with E-state index in [2.05, 4.69) is 5.32 Å². The molecule has 2 aliphatic rings. The van der Waals surface area contributed by atoms with Gasteiger partial charge < -0.3 is 16.0 Å². The number of nitrogens with two attached hydrogens (primary N) is 1. The van der Waals surface area contributed by atoms with Gasteiger partial charge in [0.2, 0.25) is 11.8 Å². The van der Waals surface area contributed by atoms with E-state index in [4.69, 9.17) is 5.73 Å². The van der Waals surface area contributed by atoms with Crippen LogP contribution in [0.1, 0.15) is 30.7 Å². The molecule has 0 spiro atoms. The van der Waals surface area contributed by atoms with Gasteiger partial charge in [-0.2, -0.15) is 0 Å². The first-order valence-electron chi connectivity index (χ1n) is 7.18. The molecular formula is C15H18FN3O2. The molecule has 21 heavy (non-hydrogen) atoms. The summed E-state index contributed by atoms with van der Waals surface area (Å²) in [5, 5.41) is 2.62. The molecule has 0 saturated carbocycles. The Labute approximate surface area is 122 Å². The molecule has 2 amide bonds. The van der Waals surface area contributed by atoms with E-state index in [0.29, 0.717) is 24.3 Å². The second kappa shape index (κ2) is 5.44. The summed E-state index contributed by atoms with van der Waals surface area (Å²) < 4.78 is 13.3. The van der Waals surface area contributed by atoms with Gasteiger partial charge in [-0.05, 0) is 30.5 Å². The van der Waals surface area contributed by atoms with Crippen molar-refractivity contribution in [2.75, 3.05) is 18.4 Å². The van der Waals surface area contributed by atoms with E-state index in [0.717, 1.165) is 12.8 Å². The Bertz CT molecular complexity index is 590. The maximum Gasteiger partial charge on any atom is 0.230 e. The lowest BCUT2D eigenvalue weighted by Crippen LogP contribution is -2.48. The maximum atomic E-state index is 13.3. The second-order valence-corrected chi connectivity index (χ2v) is 5.72. The molecule has 0 aliphatic carbocycles. The Morgan fingerprint density at radius 2 is 2.24 bits per heavy atom. The van der Waals surface area contributed by atoms with Gasteiger partial charge >= 0.3 is 0 Å². The van der Waals surface area contributed by atoms with Gasteiger partial charge in [-0.3, -0.25) is 9.59 Å². The summed E-state index contributed by atoms with van der Waals surface area (Å²) >= 11 is 0. The van der Waals surface area contributed by atoms with Crippen molar-refractivity contribution in [1.29, 1.82) is 0 Å². The molecular weight excluding hydrogens is 273 g/mol. The maximum absolute atomic E-state index is 13.3. The Morgan fingerprint density at radius 1 is 1.43 bits per heavy atom. The van der Waals surface area contributed by atoms with Crippen LogP contribution >= 0.6 is 0 Å². The van der Waals surface area contributed by atoms with Gasteiger partial charge in [-0.1, -0.05) is 6.07 Å². The Balaban J connectivity index is 1.88. The molecule has 0 aromatic heterocycles. The van der Waals surface area contributed by atoms with Crippen molar-refractivity contribution >= 4 is 17.5 Å². The highest BCUT2D eigenvalue weighted by atomic mass is 19.1. The summed E-state index contributed by atoms with van der Waals surface area (Å²) in [4.78, 5) is 26.2. The number of carbonyl (C=O) groups excluding carboxylic acids is 2. The van der Waals surface area contributed by atoms with E-state index in [-0.39, 0.29) is 24.3 Å². The molecule has 0 radical (unpaired) electrons. The molecule has 112 valence electrons. The molecule has 5 nitrogen and oxygen atoms in total. The van der Waals surface area contributed by atoms with Crippen molar-refractivity contribution in [2.24, 2.45) is 5.73 Å². The van der Waals surface area contributed by atoms with E-state index < -0.39 is 11.7 Å². The van der Waals surface area contributed by atoms with Gasteiger partial charge in [0.1, 0.15) is 5.82 Å². The van der Waals surface area contributed by atoms with Crippen LogP contribution in [0.3, 0.4) is 0 Å². The zero-order valence-corrected chi connectivity index (χ0v) is 11.6. The number of carbonyl (C=O) groups is 2. The van der Waals surface area contributed by atoms with Crippen LogP contribution in [0.25, 0.3) is 0 Å². The van der Waals surface area contributed by atoms with Crippen LogP contribution in [0.15, 0.2) is 18.2 Å². The number of hydrogen-bond donors (Lipinski definition) is 2. The third-order valence-corrected chi connectivity index (χ3v) is 4.12. The summed E-state index contributed by atoms with van der Waals surface area (Å²) in [5.41, 5.74) is 6.99. The first-order chi connectivity index (χ1) is 10.0. The van der Waals surface area contributed by atoms with Gasteiger partial charge in [0.15, 0.2) is 0 Å². The lowest BCUT2D eigenvalue weighted by molar-refractivity contribution is -0.136. The molecule has 0 bridgehead atoms. The van der Waals surface area contributed by atoms with Crippen LogP contribution in [0.5, 0.6) is 0 Å². The molecule has 1 aromatic carbocycles. The molecule has 3 rings (SSSR count). The fourth-order valence-electron chi connectivity index (χ4n) is 3.09. The van der Waals surface area contributed by atoms with Crippen LogP contribution in [-0.2, 0) is 9.59 Å². The molecule has 1 fully saturated rings. The van der Waals surface area contributed by atoms with Crippen LogP contribution in [0.4, 0.5) is 10.1 Å². The summed E-state index contributed by atoms with van der Waals surface area (Å²) in [6.45, 7) is 1.19. The van der Waals surface area contributed by atoms with Crippen molar-refractivity contribution < 1.29 is 14.0 Å². The van der Waals surface area contributed by atoms with Crippen LogP contribution in [0, 0.1) is 5.82 Å². The van der Waals surface area contributed by atoms with Crippen molar-refractivity contribution in [3.63, 3.8) is 0 Å². The number of rotatable bonds is 1. The van der Waals surface area contributed by atoms with E-state index in [1.807, 2.05) is 0 Å². The fourth-order valence-corrected chi connectivity index (χ4v) is 3.09. The number of nitrogens with zero attached hydrogens (tertiary/aromatic N) is 1. The summed E-state index contributed by atoms with van der Waals surface area (Å²) in [5.74, 6) is -1.32. The minimum atomic E-state index is -0.542. The summed E-state index contributed by atoms with van der Waals surface area (Å²) in [7, 11) is 0. The topological polar surface area (TPSA) is 75.4 Å². The Morgan fingerprint density at radius 3 is 3.00 bits per heavy atom. The van der Waals surface area contributed by atoms with E-state index in [1.54, 1.807) is 11.0 Å². The molecule has 2 aliphatic heterocycles. The second-order valence-electron chi connectivity index (χ2n) is 5.72. The SMILES string of the molecule is NC1CCCN(C(=O)C2CC(=O)Nc3cc(F)ccc32)C1. The van der Waals surface area contributed by atoms with Crippen molar-refractivity contribution in [3.05, 3.63) is 29.6 Å². The molecule has 2 heterocycles. The largest absolute Gasteiger partial charge is 0.341 e.